The van der Waals surface area contributed by atoms with Gasteiger partial charge >= 0.3 is 0 Å². The van der Waals surface area contributed by atoms with Crippen LogP contribution in [0.1, 0.15) is 30.0 Å². The highest BCUT2D eigenvalue weighted by molar-refractivity contribution is 7.89. The van der Waals surface area contributed by atoms with Crippen LogP contribution in [-0.4, -0.2) is 44.1 Å². The average Bonchev–Trinajstić information content (AvgIpc) is 2.94. The van der Waals surface area contributed by atoms with Crippen LogP contribution in [0.3, 0.4) is 0 Å². The number of aromatic nitrogens is 1. The van der Waals surface area contributed by atoms with Gasteiger partial charge in [0.15, 0.2) is 5.76 Å². The van der Waals surface area contributed by atoms with E-state index in [9.17, 15) is 8.42 Å². The molecule has 0 radical (unpaired) electrons. The number of nitrogens with zero attached hydrogens (tertiary/aromatic N) is 2. The molecule has 1 saturated heterocycles. The second kappa shape index (κ2) is 6.66. The van der Waals surface area contributed by atoms with Crippen LogP contribution < -0.4 is 4.90 Å². The molecule has 0 unspecified atom stereocenters. The smallest absolute Gasteiger partial charge is 0.248 e. The molecular weight excluding hydrogens is 326 g/mol. The van der Waals surface area contributed by atoms with Gasteiger partial charge in [0.25, 0.3) is 0 Å². The summed E-state index contributed by atoms with van der Waals surface area (Å²) in [7, 11) is -3.53. The van der Waals surface area contributed by atoms with Crippen LogP contribution in [0.5, 0.6) is 0 Å². The normalized spacial score (nSPS) is 18.6. The number of quaternary nitrogens is 1. The Morgan fingerprint density at radius 1 is 1.17 bits per heavy atom. The summed E-state index contributed by atoms with van der Waals surface area (Å²) in [6.07, 6.45) is 0. The first-order valence-corrected chi connectivity index (χ1v) is 9.68. The van der Waals surface area contributed by atoms with Crippen molar-refractivity contribution in [2.75, 3.05) is 26.2 Å². The number of nitrogens with one attached hydrogen (secondary N) is 1. The fourth-order valence-corrected chi connectivity index (χ4v) is 5.13. The standard InChI is InChI=1S/C17H23N3O3S/c1-13-17(15(3)23-18-13)24(21,22)20-11-9-19(10-12-20)14(2)16-7-5-4-6-8-16/h4-8,14H,9-12H2,1-3H3/p+1/t14-/m1/s1. The maximum atomic E-state index is 12.9. The van der Waals surface area contributed by atoms with Crippen molar-refractivity contribution in [3.8, 4) is 0 Å². The van der Waals surface area contributed by atoms with Crippen LogP contribution >= 0.6 is 0 Å². The molecule has 1 atom stereocenters. The van der Waals surface area contributed by atoms with Gasteiger partial charge in [0, 0.05) is 5.56 Å². The quantitative estimate of drug-likeness (QED) is 0.891. The van der Waals surface area contributed by atoms with E-state index in [1.807, 2.05) is 18.2 Å². The second-order valence-electron chi connectivity index (χ2n) is 6.35. The maximum Gasteiger partial charge on any atom is 0.248 e. The molecule has 1 fully saturated rings. The highest BCUT2D eigenvalue weighted by Crippen LogP contribution is 2.23. The minimum Gasteiger partial charge on any atom is -0.360 e. The zero-order chi connectivity index (χ0) is 17.3. The molecule has 2 aromatic rings. The van der Waals surface area contributed by atoms with E-state index in [4.69, 9.17) is 4.52 Å². The Morgan fingerprint density at radius 3 is 2.33 bits per heavy atom. The van der Waals surface area contributed by atoms with Crippen LogP contribution in [0.2, 0.25) is 0 Å². The summed E-state index contributed by atoms with van der Waals surface area (Å²) in [5.41, 5.74) is 1.72. The predicted molar refractivity (Wildman–Crippen MR) is 90.3 cm³/mol. The van der Waals surface area contributed by atoms with Crippen molar-refractivity contribution in [1.29, 1.82) is 0 Å². The fourth-order valence-electron chi connectivity index (χ4n) is 3.40. The molecule has 3 rings (SSSR count). The third-order valence-corrected chi connectivity index (χ3v) is 6.99. The van der Waals surface area contributed by atoms with Gasteiger partial charge in [0.2, 0.25) is 10.0 Å². The second-order valence-corrected chi connectivity index (χ2v) is 8.22. The fraction of sp³-hybridized carbons (Fsp3) is 0.471. The summed E-state index contributed by atoms with van der Waals surface area (Å²) in [5.74, 6) is 0.361. The van der Waals surface area contributed by atoms with Crippen molar-refractivity contribution < 1.29 is 17.8 Å². The van der Waals surface area contributed by atoms with Gasteiger partial charge in [0.05, 0.1) is 26.2 Å². The number of hydrogen-bond donors (Lipinski definition) is 1. The lowest BCUT2D eigenvalue weighted by molar-refractivity contribution is -0.933. The molecular formula is C17H24N3O3S+. The molecule has 130 valence electrons. The molecule has 0 saturated carbocycles. The zero-order valence-electron chi connectivity index (χ0n) is 14.3. The molecule has 2 heterocycles. The third kappa shape index (κ3) is 3.11. The first-order chi connectivity index (χ1) is 11.4. The van der Waals surface area contributed by atoms with Crippen molar-refractivity contribution in [3.05, 3.63) is 47.3 Å². The highest BCUT2D eigenvalue weighted by Gasteiger charge is 2.35. The lowest BCUT2D eigenvalue weighted by atomic mass is 10.1. The van der Waals surface area contributed by atoms with Crippen LogP contribution in [0, 0.1) is 13.8 Å². The van der Waals surface area contributed by atoms with Crippen molar-refractivity contribution in [2.45, 2.75) is 31.7 Å². The molecule has 6 nitrogen and oxygen atoms in total. The average molecular weight is 350 g/mol. The molecule has 1 aliphatic rings. The van der Waals surface area contributed by atoms with Crippen LogP contribution in [0.15, 0.2) is 39.8 Å². The molecule has 0 amide bonds. The largest absolute Gasteiger partial charge is 0.360 e. The molecule has 0 bridgehead atoms. The van der Waals surface area contributed by atoms with Crippen LogP contribution in [0.25, 0.3) is 0 Å². The Kier molecular flexibility index (Phi) is 4.76. The summed E-state index contributed by atoms with van der Waals surface area (Å²) in [6.45, 7) is 8.12. The van der Waals surface area contributed by atoms with Gasteiger partial charge in [0.1, 0.15) is 16.6 Å². The summed E-state index contributed by atoms with van der Waals surface area (Å²) in [6, 6.07) is 10.7. The highest BCUT2D eigenvalue weighted by atomic mass is 32.2. The summed E-state index contributed by atoms with van der Waals surface area (Å²) < 4.78 is 32.3. The van der Waals surface area contributed by atoms with E-state index in [0.717, 1.165) is 13.1 Å². The van der Waals surface area contributed by atoms with E-state index in [1.54, 1.807) is 18.2 Å². The van der Waals surface area contributed by atoms with Crippen LogP contribution in [-0.2, 0) is 10.0 Å². The molecule has 24 heavy (non-hydrogen) atoms. The van der Waals surface area contributed by atoms with Crippen molar-refractivity contribution >= 4 is 10.0 Å². The summed E-state index contributed by atoms with van der Waals surface area (Å²) in [4.78, 5) is 1.63. The molecule has 0 aliphatic carbocycles. The van der Waals surface area contributed by atoms with Crippen LogP contribution in [0.4, 0.5) is 0 Å². The number of piperazine rings is 1. The van der Waals surface area contributed by atoms with Gasteiger partial charge in [-0.2, -0.15) is 4.31 Å². The number of rotatable bonds is 4. The lowest BCUT2D eigenvalue weighted by Gasteiger charge is -2.34. The Bertz CT molecular complexity index is 774. The van der Waals surface area contributed by atoms with E-state index >= 15 is 0 Å². The molecule has 1 N–H and O–H groups in total. The monoisotopic (exact) mass is 350 g/mol. The molecule has 7 heteroatoms. The predicted octanol–water partition coefficient (Wildman–Crippen LogP) is 0.942. The van der Waals surface area contributed by atoms with Gasteiger partial charge < -0.3 is 9.42 Å². The lowest BCUT2D eigenvalue weighted by Crippen LogP contribution is -3.14. The van der Waals surface area contributed by atoms with Gasteiger partial charge in [-0.15, -0.1) is 0 Å². The van der Waals surface area contributed by atoms with Gasteiger partial charge in [-0.05, 0) is 20.8 Å². The summed E-state index contributed by atoms with van der Waals surface area (Å²) >= 11 is 0. The SMILES string of the molecule is Cc1noc(C)c1S(=O)(=O)N1CC[NH+]([C@H](C)c2ccccc2)CC1. The number of hydrogen-bond acceptors (Lipinski definition) is 4. The molecule has 1 aromatic carbocycles. The first kappa shape index (κ1) is 17.1. The Hall–Kier alpha value is -1.70. The van der Waals surface area contributed by atoms with E-state index in [-0.39, 0.29) is 4.90 Å². The number of benzene rings is 1. The van der Waals surface area contributed by atoms with Gasteiger partial charge in [-0.1, -0.05) is 35.5 Å². The van der Waals surface area contributed by atoms with E-state index in [2.05, 4.69) is 24.2 Å². The Morgan fingerprint density at radius 2 is 1.79 bits per heavy atom. The Labute approximate surface area is 143 Å². The molecule has 1 aliphatic heterocycles. The molecule has 1 aromatic heterocycles. The van der Waals surface area contributed by atoms with E-state index in [1.165, 1.54) is 10.5 Å². The van der Waals surface area contributed by atoms with E-state index in [0.29, 0.717) is 30.6 Å². The maximum absolute atomic E-state index is 12.9. The minimum absolute atomic E-state index is 0.224. The molecule has 0 spiro atoms. The topological polar surface area (TPSA) is 67.9 Å². The zero-order valence-corrected chi connectivity index (χ0v) is 15.1. The summed E-state index contributed by atoms with van der Waals surface area (Å²) in [5, 5.41) is 3.77. The minimum atomic E-state index is -3.53. The van der Waals surface area contributed by atoms with Crippen molar-refractivity contribution in [3.63, 3.8) is 0 Å². The van der Waals surface area contributed by atoms with E-state index < -0.39 is 10.0 Å². The first-order valence-electron chi connectivity index (χ1n) is 8.24. The third-order valence-electron chi connectivity index (χ3n) is 4.84. The number of aryl methyl sites for hydroxylation is 2. The van der Waals surface area contributed by atoms with Gasteiger partial charge in [-0.3, -0.25) is 0 Å². The number of sulfonamides is 1. The Balaban J connectivity index is 1.71. The van der Waals surface area contributed by atoms with Crippen molar-refractivity contribution in [2.24, 2.45) is 0 Å². The van der Waals surface area contributed by atoms with Gasteiger partial charge in [-0.25, -0.2) is 8.42 Å². The van der Waals surface area contributed by atoms with Crippen molar-refractivity contribution in [1.82, 2.24) is 9.46 Å².